The van der Waals surface area contributed by atoms with Gasteiger partial charge in [-0.25, -0.2) is 4.79 Å². The number of amides is 1. The van der Waals surface area contributed by atoms with Crippen molar-refractivity contribution in [2.24, 2.45) is 5.92 Å². The molecular formula is C16H22N2O4. The molecule has 0 aliphatic carbocycles. The zero-order chi connectivity index (χ0) is 16.7. The van der Waals surface area contributed by atoms with Crippen LogP contribution in [-0.4, -0.2) is 28.0 Å². The highest BCUT2D eigenvalue weighted by molar-refractivity contribution is 5.96. The lowest BCUT2D eigenvalue weighted by atomic mass is 10.1. The van der Waals surface area contributed by atoms with Crippen molar-refractivity contribution in [1.82, 2.24) is 10.3 Å². The summed E-state index contributed by atoms with van der Waals surface area (Å²) in [6, 6.07) is 1.76. The highest BCUT2D eigenvalue weighted by atomic mass is 16.4. The first-order chi connectivity index (χ1) is 10.3. The Kier molecular flexibility index (Phi) is 6.56. The zero-order valence-corrected chi connectivity index (χ0v) is 12.9. The van der Waals surface area contributed by atoms with E-state index in [9.17, 15) is 14.4 Å². The minimum absolute atomic E-state index is 0.171. The second kappa shape index (κ2) is 8.17. The molecule has 6 nitrogen and oxygen atoms in total. The van der Waals surface area contributed by atoms with Gasteiger partial charge in [0.05, 0.1) is 0 Å². The molecule has 1 atom stereocenters. The van der Waals surface area contributed by atoms with Crippen molar-refractivity contribution in [3.63, 3.8) is 0 Å². The molecule has 1 amide bonds. The van der Waals surface area contributed by atoms with Gasteiger partial charge in [-0.05, 0) is 31.2 Å². The highest BCUT2D eigenvalue weighted by Gasteiger charge is 2.20. The molecule has 1 aromatic heterocycles. The molecule has 1 aromatic rings. The Morgan fingerprint density at radius 3 is 2.64 bits per heavy atom. The molecule has 0 fully saturated rings. The largest absolute Gasteiger partial charge is 0.480 e. The number of nitrogens with one attached hydrogen (secondary N) is 2. The second-order valence-corrected chi connectivity index (χ2v) is 5.59. The van der Waals surface area contributed by atoms with Crippen LogP contribution in [0.4, 0.5) is 0 Å². The number of carboxylic acids is 1. The van der Waals surface area contributed by atoms with Crippen LogP contribution in [0.3, 0.4) is 0 Å². The number of hydrogen-bond donors (Lipinski definition) is 3. The number of allylic oxidation sites excluding steroid dienone is 1. The molecule has 0 aromatic carbocycles. The van der Waals surface area contributed by atoms with Crippen molar-refractivity contribution in [3.8, 4) is 0 Å². The zero-order valence-electron chi connectivity index (χ0n) is 12.9. The molecule has 22 heavy (non-hydrogen) atoms. The number of rotatable bonds is 8. The van der Waals surface area contributed by atoms with E-state index < -0.39 is 17.9 Å². The maximum atomic E-state index is 12.2. The SMILES string of the molecule is C=CCCC(NC(=O)c1cc(CC(C)C)[nH]c(=O)c1)C(=O)O. The van der Waals surface area contributed by atoms with Crippen LogP contribution in [0, 0.1) is 5.92 Å². The summed E-state index contributed by atoms with van der Waals surface area (Å²) in [4.78, 5) is 37.6. The summed E-state index contributed by atoms with van der Waals surface area (Å²) in [7, 11) is 0. The van der Waals surface area contributed by atoms with Crippen LogP contribution in [0.2, 0.25) is 0 Å². The van der Waals surface area contributed by atoms with E-state index in [0.29, 0.717) is 24.5 Å². The van der Waals surface area contributed by atoms with Crippen molar-refractivity contribution < 1.29 is 14.7 Å². The van der Waals surface area contributed by atoms with Gasteiger partial charge in [0.15, 0.2) is 0 Å². The van der Waals surface area contributed by atoms with Gasteiger partial charge < -0.3 is 15.4 Å². The fourth-order valence-corrected chi connectivity index (χ4v) is 2.07. The lowest BCUT2D eigenvalue weighted by Crippen LogP contribution is -2.41. The summed E-state index contributed by atoms with van der Waals surface area (Å²) < 4.78 is 0. The number of H-pyrrole nitrogens is 1. The van der Waals surface area contributed by atoms with Crippen molar-refractivity contribution >= 4 is 11.9 Å². The number of aromatic nitrogens is 1. The van der Waals surface area contributed by atoms with Gasteiger partial charge in [-0.15, -0.1) is 6.58 Å². The van der Waals surface area contributed by atoms with Crippen molar-refractivity contribution in [2.75, 3.05) is 0 Å². The van der Waals surface area contributed by atoms with Crippen LogP contribution in [0.5, 0.6) is 0 Å². The van der Waals surface area contributed by atoms with Gasteiger partial charge in [-0.2, -0.15) is 0 Å². The van der Waals surface area contributed by atoms with E-state index in [1.54, 1.807) is 12.1 Å². The van der Waals surface area contributed by atoms with E-state index >= 15 is 0 Å². The van der Waals surface area contributed by atoms with Crippen LogP contribution in [0.15, 0.2) is 29.6 Å². The smallest absolute Gasteiger partial charge is 0.326 e. The third-order valence-corrected chi connectivity index (χ3v) is 3.05. The van der Waals surface area contributed by atoms with Crippen LogP contribution in [0.25, 0.3) is 0 Å². The molecule has 0 saturated heterocycles. The maximum absolute atomic E-state index is 12.2. The molecule has 0 aliphatic rings. The predicted molar refractivity (Wildman–Crippen MR) is 83.9 cm³/mol. The molecule has 3 N–H and O–H groups in total. The molecule has 0 radical (unpaired) electrons. The summed E-state index contributed by atoms with van der Waals surface area (Å²) >= 11 is 0. The Bertz CT molecular complexity index is 604. The summed E-state index contributed by atoms with van der Waals surface area (Å²) in [6.07, 6.45) is 2.96. The Morgan fingerprint density at radius 2 is 2.09 bits per heavy atom. The molecule has 120 valence electrons. The Balaban J connectivity index is 2.91. The number of carbonyl (C=O) groups excluding carboxylic acids is 1. The third kappa shape index (κ3) is 5.55. The molecule has 1 unspecified atom stereocenters. The minimum atomic E-state index is -1.11. The average molecular weight is 306 g/mol. The van der Waals surface area contributed by atoms with Gasteiger partial charge in [0, 0.05) is 17.3 Å². The first-order valence-corrected chi connectivity index (χ1v) is 7.21. The van der Waals surface area contributed by atoms with Crippen LogP contribution >= 0.6 is 0 Å². The molecule has 1 heterocycles. The number of carboxylic acid groups (broad SMARTS) is 1. The first kappa shape index (κ1) is 17.7. The summed E-state index contributed by atoms with van der Waals surface area (Å²) in [6.45, 7) is 7.53. The molecular weight excluding hydrogens is 284 g/mol. The van der Waals surface area contributed by atoms with Crippen molar-refractivity contribution in [1.29, 1.82) is 0 Å². The summed E-state index contributed by atoms with van der Waals surface area (Å²) in [5, 5.41) is 11.5. The van der Waals surface area contributed by atoms with Crippen LogP contribution in [0.1, 0.15) is 42.7 Å². The maximum Gasteiger partial charge on any atom is 0.326 e. The fourth-order valence-electron chi connectivity index (χ4n) is 2.07. The summed E-state index contributed by atoms with van der Waals surface area (Å²) in [5.41, 5.74) is 0.455. The predicted octanol–water partition coefficient (Wildman–Crippen LogP) is 1.72. The standard InChI is InChI=1S/C16H22N2O4/c1-4-5-6-13(16(21)22)18-15(20)11-8-12(7-10(2)3)17-14(19)9-11/h4,8-10,13H,1,5-7H2,2-3H3,(H,17,19)(H,18,20)(H,21,22). The Hall–Kier alpha value is -2.37. The third-order valence-electron chi connectivity index (χ3n) is 3.05. The van der Waals surface area contributed by atoms with E-state index in [1.807, 2.05) is 13.8 Å². The lowest BCUT2D eigenvalue weighted by Gasteiger charge is -2.14. The van der Waals surface area contributed by atoms with Gasteiger partial charge in [-0.3, -0.25) is 9.59 Å². The van der Waals surface area contributed by atoms with E-state index in [-0.39, 0.29) is 17.5 Å². The number of aromatic amines is 1. The first-order valence-electron chi connectivity index (χ1n) is 7.21. The monoisotopic (exact) mass is 306 g/mol. The van der Waals surface area contributed by atoms with E-state index in [1.165, 1.54) is 6.07 Å². The van der Waals surface area contributed by atoms with Crippen molar-refractivity contribution in [2.45, 2.75) is 39.2 Å². The molecule has 0 saturated carbocycles. The second-order valence-electron chi connectivity index (χ2n) is 5.59. The van der Waals surface area contributed by atoms with Crippen LogP contribution < -0.4 is 10.9 Å². The number of carbonyl (C=O) groups is 2. The van der Waals surface area contributed by atoms with Gasteiger partial charge in [0.2, 0.25) is 5.56 Å². The lowest BCUT2D eigenvalue weighted by molar-refractivity contribution is -0.139. The normalized spacial score (nSPS) is 12.0. The van der Waals surface area contributed by atoms with Gasteiger partial charge >= 0.3 is 5.97 Å². The highest BCUT2D eigenvalue weighted by Crippen LogP contribution is 2.07. The molecule has 0 bridgehead atoms. The minimum Gasteiger partial charge on any atom is -0.480 e. The Labute approximate surface area is 129 Å². The average Bonchev–Trinajstić information content (AvgIpc) is 2.41. The van der Waals surface area contributed by atoms with Gasteiger partial charge in [-0.1, -0.05) is 19.9 Å². The fraction of sp³-hybridized carbons (Fsp3) is 0.438. The van der Waals surface area contributed by atoms with Gasteiger partial charge in [0.25, 0.3) is 5.91 Å². The number of aliphatic carboxylic acids is 1. The van der Waals surface area contributed by atoms with Gasteiger partial charge in [0.1, 0.15) is 6.04 Å². The number of hydrogen-bond acceptors (Lipinski definition) is 3. The quantitative estimate of drug-likeness (QED) is 0.637. The van der Waals surface area contributed by atoms with E-state index in [4.69, 9.17) is 5.11 Å². The van der Waals surface area contributed by atoms with Crippen molar-refractivity contribution in [3.05, 3.63) is 46.4 Å². The molecule has 0 spiro atoms. The molecule has 0 aliphatic heterocycles. The van der Waals surface area contributed by atoms with E-state index in [0.717, 1.165) is 0 Å². The van der Waals surface area contributed by atoms with Crippen LogP contribution in [-0.2, 0) is 11.2 Å². The topological polar surface area (TPSA) is 99.3 Å². The van der Waals surface area contributed by atoms with E-state index in [2.05, 4.69) is 16.9 Å². The summed E-state index contributed by atoms with van der Waals surface area (Å²) in [5.74, 6) is -1.34. The number of pyridine rings is 1. The Morgan fingerprint density at radius 1 is 1.41 bits per heavy atom. The molecule has 6 heteroatoms. The molecule has 1 rings (SSSR count).